The highest BCUT2D eigenvalue weighted by Crippen LogP contribution is 2.39. The van der Waals surface area contributed by atoms with Gasteiger partial charge in [0.25, 0.3) is 0 Å². The van der Waals surface area contributed by atoms with E-state index in [9.17, 15) is 10.1 Å². The maximum absolute atomic E-state index is 12.6. The molecule has 176 valence electrons. The summed E-state index contributed by atoms with van der Waals surface area (Å²) in [6.07, 6.45) is 3.00. The van der Waals surface area contributed by atoms with Crippen LogP contribution in [0.25, 0.3) is 6.08 Å². The van der Waals surface area contributed by atoms with E-state index in [1.54, 1.807) is 29.5 Å². The standard InChI is InChI=1S/C25H25N3O5S/c1-16-27-19(15-34-16)14-33-21-8-6-5-7-17(21)9-10-24(29)28-20(13-26)18-11-22(30-2)25(32-4)23(12-18)31-3/h5-12,15,20H,14H2,1-4H3,(H,28,29)/b10-9+/t20-/m1/s1. The number of amides is 1. The molecule has 0 radical (unpaired) electrons. The second-order valence-electron chi connectivity index (χ2n) is 7.05. The summed E-state index contributed by atoms with van der Waals surface area (Å²) in [5, 5.41) is 15.3. The number of thiazole rings is 1. The highest BCUT2D eigenvalue weighted by Gasteiger charge is 2.19. The first kappa shape index (κ1) is 24.6. The van der Waals surface area contributed by atoms with Crippen molar-refractivity contribution < 1.29 is 23.7 Å². The van der Waals surface area contributed by atoms with Gasteiger partial charge in [0.05, 0.1) is 38.1 Å². The molecule has 0 fully saturated rings. The Kier molecular flexibility index (Phi) is 8.48. The molecule has 3 aromatic rings. The SMILES string of the molecule is COc1cc([C@@H](C#N)NC(=O)/C=C/c2ccccc2OCc2csc(C)n2)cc(OC)c1OC. The van der Waals surface area contributed by atoms with Gasteiger partial charge in [-0.05, 0) is 36.8 Å². The van der Waals surface area contributed by atoms with Crippen molar-refractivity contribution in [3.8, 4) is 29.1 Å². The number of rotatable bonds is 10. The first-order valence-corrected chi connectivity index (χ1v) is 11.2. The molecule has 34 heavy (non-hydrogen) atoms. The van der Waals surface area contributed by atoms with Crippen molar-refractivity contribution in [2.45, 2.75) is 19.6 Å². The van der Waals surface area contributed by atoms with Crippen LogP contribution < -0.4 is 24.3 Å². The molecule has 1 aromatic heterocycles. The van der Waals surface area contributed by atoms with Crippen LogP contribution in [0.5, 0.6) is 23.0 Å². The molecular weight excluding hydrogens is 454 g/mol. The van der Waals surface area contributed by atoms with Crippen LogP contribution in [0.3, 0.4) is 0 Å². The topological polar surface area (TPSA) is 103 Å². The third-order valence-corrected chi connectivity index (χ3v) is 5.63. The van der Waals surface area contributed by atoms with E-state index in [0.29, 0.717) is 35.2 Å². The van der Waals surface area contributed by atoms with Crippen molar-refractivity contribution in [2.24, 2.45) is 0 Å². The second kappa shape index (κ2) is 11.7. The van der Waals surface area contributed by atoms with Gasteiger partial charge in [0.1, 0.15) is 18.4 Å². The molecule has 9 heteroatoms. The summed E-state index contributed by atoms with van der Waals surface area (Å²) < 4.78 is 21.9. The summed E-state index contributed by atoms with van der Waals surface area (Å²) in [7, 11) is 4.46. The number of para-hydroxylation sites is 1. The van der Waals surface area contributed by atoms with E-state index in [1.165, 1.54) is 27.4 Å². The Balaban J connectivity index is 1.72. The first-order chi connectivity index (χ1) is 16.5. The van der Waals surface area contributed by atoms with Gasteiger partial charge in [0.2, 0.25) is 11.7 Å². The monoisotopic (exact) mass is 479 g/mol. The fourth-order valence-corrected chi connectivity index (χ4v) is 3.79. The smallest absolute Gasteiger partial charge is 0.245 e. The molecule has 3 rings (SSSR count). The summed E-state index contributed by atoms with van der Waals surface area (Å²) in [5.74, 6) is 1.37. The van der Waals surface area contributed by atoms with Crippen molar-refractivity contribution in [2.75, 3.05) is 21.3 Å². The molecule has 8 nitrogen and oxygen atoms in total. The number of aromatic nitrogens is 1. The van der Waals surface area contributed by atoms with E-state index in [-0.39, 0.29) is 0 Å². The molecule has 0 aliphatic heterocycles. The third kappa shape index (κ3) is 6.05. The minimum Gasteiger partial charge on any atom is -0.493 e. The zero-order valence-corrected chi connectivity index (χ0v) is 20.1. The zero-order chi connectivity index (χ0) is 24.5. The van der Waals surface area contributed by atoms with Crippen molar-refractivity contribution >= 4 is 23.3 Å². The Morgan fingerprint density at radius 3 is 2.44 bits per heavy atom. The number of nitrogens with zero attached hydrogens (tertiary/aromatic N) is 2. The van der Waals surface area contributed by atoms with E-state index in [4.69, 9.17) is 18.9 Å². The fraction of sp³-hybridized carbons (Fsp3) is 0.240. The number of carbonyl (C=O) groups excluding carboxylic acids is 1. The molecule has 1 amide bonds. The third-order valence-electron chi connectivity index (χ3n) is 4.81. The van der Waals surface area contributed by atoms with Gasteiger partial charge in [-0.15, -0.1) is 11.3 Å². The van der Waals surface area contributed by atoms with Crippen LogP contribution in [-0.2, 0) is 11.4 Å². The molecule has 0 saturated carbocycles. The van der Waals surface area contributed by atoms with Gasteiger partial charge in [-0.2, -0.15) is 5.26 Å². The lowest BCUT2D eigenvalue weighted by molar-refractivity contribution is -0.116. The van der Waals surface area contributed by atoms with Crippen LogP contribution >= 0.6 is 11.3 Å². The summed E-state index contributed by atoms with van der Waals surface area (Å²) in [4.78, 5) is 17.0. The van der Waals surface area contributed by atoms with Crippen LogP contribution in [0, 0.1) is 18.3 Å². The van der Waals surface area contributed by atoms with Crippen LogP contribution in [0.1, 0.15) is 27.9 Å². The van der Waals surface area contributed by atoms with Crippen LogP contribution in [0.2, 0.25) is 0 Å². The average Bonchev–Trinajstić information content (AvgIpc) is 3.29. The molecule has 2 aromatic carbocycles. The number of benzene rings is 2. The van der Waals surface area contributed by atoms with Gasteiger partial charge in [0, 0.05) is 17.0 Å². The summed E-state index contributed by atoms with van der Waals surface area (Å²) >= 11 is 1.56. The number of nitriles is 1. The van der Waals surface area contributed by atoms with E-state index < -0.39 is 11.9 Å². The van der Waals surface area contributed by atoms with Crippen molar-refractivity contribution in [1.29, 1.82) is 5.26 Å². The Labute approximate surface area is 202 Å². The number of hydrogen-bond donors (Lipinski definition) is 1. The molecule has 0 unspecified atom stereocenters. The van der Waals surface area contributed by atoms with Gasteiger partial charge in [-0.3, -0.25) is 4.79 Å². The molecule has 0 saturated heterocycles. The summed E-state index contributed by atoms with van der Waals surface area (Å²) in [6.45, 7) is 2.27. The van der Waals surface area contributed by atoms with Crippen molar-refractivity contribution in [3.05, 3.63) is 69.7 Å². The van der Waals surface area contributed by atoms with E-state index >= 15 is 0 Å². The summed E-state index contributed by atoms with van der Waals surface area (Å²) in [6, 6.07) is 11.8. The van der Waals surface area contributed by atoms with Crippen molar-refractivity contribution in [1.82, 2.24) is 10.3 Å². The molecule has 0 aliphatic carbocycles. The molecule has 0 aliphatic rings. The normalized spacial score (nSPS) is 11.5. The lowest BCUT2D eigenvalue weighted by Gasteiger charge is -2.17. The molecule has 0 spiro atoms. The van der Waals surface area contributed by atoms with Gasteiger partial charge in [-0.25, -0.2) is 4.98 Å². The Morgan fingerprint density at radius 1 is 1.15 bits per heavy atom. The highest BCUT2D eigenvalue weighted by molar-refractivity contribution is 7.09. The van der Waals surface area contributed by atoms with Gasteiger partial charge >= 0.3 is 0 Å². The molecule has 1 atom stereocenters. The number of aryl methyl sites for hydroxylation is 1. The van der Waals surface area contributed by atoms with Crippen LogP contribution in [0.15, 0.2) is 47.9 Å². The minimum atomic E-state index is -0.926. The highest BCUT2D eigenvalue weighted by atomic mass is 32.1. The largest absolute Gasteiger partial charge is 0.493 e. The lowest BCUT2D eigenvalue weighted by atomic mass is 10.1. The quantitative estimate of drug-likeness (QED) is 0.429. The number of carbonyl (C=O) groups is 1. The molecule has 1 N–H and O–H groups in total. The van der Waals surface area contributed by atoms with Gasteiger partial charge in [0.15, 0.2) is 11.5 Å². The lowest BCUT2D eigenvalue weighted by Crippen LogP contribution is -2.25. The van der Waals surface area contributed by atoms with Crippen LogP contribution in [0.4, 0.5) is 0 Å². The number of methoxy groups -OCH3 is 3. The average molecular weight is 480 g/mol. The second-order valence-corrected chi connectivity index (χ2v) is 8.11. The van der Waals surface area contributed by atoms with Gasteiger partial charge < -0.3 is 24.3 Å². The van der Waals surface area contributed by atoms with E-state index in [1.807, 2.05) is 36.6 Å². The fourth-order valence-electron chi connectivity index (χ4n) is 3.19. The summed E-state index contributed by atoms with van der Waals surface area (Å²) in [5.41, 5.74) is 2.08. The molecule has 0 bridgehead atoms. The molecule has 1 heterocycles. The Morgan fingerprint density at radius 2 is 1.85 bits per heavy atom. The maximum atomic E-state index is 12.6. The van der Waals surface area contributed by atoms with Gasteiger partial charge in [-0.1, -0.05) is 18.2 Å². The number of nitrogens with one attached hydrogen (secondary N) is 1. The minimum absolute atomic E-state index is 0.332. The predicted octanol–water partition coefficient (Wildman–Crippen LogP) is 4.45. The predicted molar refractivity (Wildman–Crippen MR) is 129 cm³/mol. The maximum Gasteiger partial charge on any atom is 0.245 e. The van der Waals surface area contributed by atoms with E-state index in [2.05, 4.69) is 16.4 Å². The van der Waals surface area contributed by atoms with Crippen molar-refractivity contribution in [3.63, 3.8) is 0 Å². The van der Waals surface area contributed by atoms with E-state index in [0.717, 1.165) is 16.3 Å². The number of hydrogen-bond acceptors (Lipinski definition) is 8. The Hall–Kier alpha value is -4.03. The number of ether oxygens (including phenoxy) is 4. The zero-order valence-electron chi connectivity index (χ0n) is 19.3. The van der Waals surface area contributed by atoms with Crippen LogP contribution in [-0.4, -0.2) is 32.2 Å². The first-order valence-electron chi connectivity index (χ1n) is 10.3. The molecular formula is C25H25N3O5S. The Bertz CT molecular complexity index is 1190.